The SMILES string of the molecule is O=C(Oc1ccc2[nH]cc(C(=O)O)c(=O)c2c1)c1cc(C(F)(F)F)cc(C(F)(F)F)c1. The van der Waals surface area contributed by atoms with Crippen LogP contribution in [0.15, 0.2) is 47.4 Å². The molecule has 2 aromatic carbocycles. The Morgan fingerprint density at radius 3 is 2.00 bits per heavy atom. The van der Waals surface area contributed by atoms with E-state index in [-0.39, 0.29) is 29.1 Å². The third-order valence-corrected chi connectivity index (χ3v) is 4.12. The molecule has 0 unspecified atom stereocenters. The van der Waals surface area contributed by atoms with Crippen LogP contribution < -0.4 is 10.2 Å². The highest BCUT2D eigenvalue weighted by Crippen LogP contribution is 2.36. The number of carbonyl (C=O) groups is 2. The normalized spacial score (nSPS) is 12.1. The van der Waals surface area contributed by atoms with Gasteiger partial charge in [-0.3, -0.25) is 4.79 Å². The number of pyridine rings is 1. The molecule has 162 valence electrons. The molecule has 0 atom stereocenters. The van der Waals surface area contributed by atoms with E-state index in [2.05, 4.69) is 4.98 Å². The smallest absolute Gasteiger partial charge is 0.416 e. The molecule has 1 aromatic heterocycles. The molecule has 1 heterocycles. The molecule has 31 heavy (non-hydrogen) atoms. The van der Waals surface area contributed by atoms with Crippen LogP contribution in [0.2, 0.25) is 0 Å². The van der Waals surface area contributed by atoms with Crippen LogP contribution >= 0.6 is 0 Å². The monoisotopic (exact) mass is 445 g/mol. The number of carboxylic acid groups (broad SMARTS) is 1. The van der Waals surface area contributed by atoms with E-state index in [4.69, 9.17) is 9.84 Å². The number of aromatic amines is 1. The Kier molecular flexibility index (Phi) is 5.26. The Labute approximate surface area is 167 Å². The summed E-state index contributed by atoms with van der Waals surface area (Å²) in [5, 5.41) is 8.77. The lowest BCUT2D eigenvalue weighted by atomic mass is 10.0. The van der Waals surface area contributed by atoms with E-state index in [0.29, 0.717) is 0 Å². The van der Waals surface area contributed by atoms with Crippen LogP contribution in [-0.2, 0) is 12.4 Å². The van der Waals surface area contributed by atoms with Crippen LogP contribution in [0.25, 0.3) is 10.9 Å². The predicted molar refractivity (Wildman–Crippen MR) is 92.9 cm³/mol. The third-order valence-electron chi connectivity index (χ3n) is 4.12. The minimum atomic E-state index is -5.15. The zero-order valence-corrected chi connectivity index (χ0v) is 14.9. The molecule has 0 fully saturated rings. The molecule has 0 radical (unpaired) electrons. The quantitative estimate of drug-likeness (QED) is 0.352. The maximum atomic E-state index is 12.9. The lowest BCUT2D eigenvalue weighted by Gasteiger charge is -2.14. The third kappa shape index (κ3) is 4.52. The van der Waals surface area contributed by atoms with Crippen molar-refractivity contribution in [3.63, 3.8) is 0 Å². The predicted octanol–water partition coefficient (Wildman–Crippen LogP) is 4.48. The summed E-state index contributed by atoms with van der Waals surface area (Å²) in [7, 11) is 0. The molecule has 0 aliphatic heterocycles. The van der Waals surface area contributed by atoms with Gasteiger partial charge in [-0.25, -0.2) is 9.59 Å². The van der Waals surface area contributed by atoms with E-state index in [1.165, 1.54) is 6.07 Å². The van der Waals surface area contributed by atoms with Gasteiger partial charge >= 0.3 is 24.3 Å². The molecular weight excluding hydrogens is 436 g/mol. The van der Waals surface area contributed by atoms with Gasteiger partial charge in [0.1, 0.15) is 11.3 Å². The molecule has 3 aromatic rings. The standard InChI is InChI=1S/C19H9F6NO5/c20-18(21,22)9-3-8(4-10(5-9)19(23,24)25)17(30)31-11-1-2-14-12(6-11)15(27)13(7-26-14)16(28)29/h1-7H,(H,26,27)(H,28,29). The van der Waals surface area contributed by atoms with Gasteiger partial charge < -0.3 is 14.8 Å². The number of rotatable bonds is 3. The Hall–Kier alpha value is -3.83. The molecule has 12 heteroatoms. The van der Waals surface area contributed by atoms with Gasteiger partial charge in [-0.1, -0.05) is 0 Å². The van der Waals surface area contributed by atoms with E-state index in [0.717, 1.165) is 18.3 Å². The topological polar surface area (TPSA) is 96.5 Å². The van der Waals surface area contributed by atoms with E-state index in [1.807, 2.05) is 0 Å². The van der Waals surface area contributed by atoms with Gasteiger partial charge in [0, 0.05) is 11.7 Å². The first-order valence-electron chi connectivity index (χ1n) is 8.18. The highest BCUT2D eigenvalue weighted by molar-refractivity contribution is 5.94. The van der Waals surface area contributed by atoms with Gasteiger partial charge in [-0.15, -0.1) is 0 Å². The molecular formula is C19H9F6NO5. The molecule has 0 saturated carbocycles. The summed E-state index contributed by atoms with van der Waals surface area (Å²) in [5.74, 6) is -3.47. The fourth-order valence-electron chi connectivity index (χ4n) is 2.66. The van der Waals surface area contributed by atoms with E-state index < -0.39 is 57.7 Å². The van der Waals surface area contributed by atoms with Crippen molar-refractivity contribution in [3.05, 3.63) is 75.1 Å². The second-order valence-corrected chi connectivity index (χ2v) is 6.23. The number of carbonyl (C=O) groups excluding carboxylic acids is 1. The number of H-pyrrole nitrogens is 1. The van der Waals surface area contributed by atoms with E-state index in [9.17, 15) is 40.7 Å². The van der Waals surface area contributed by atoms with Crippen molar-refractivity contribution in [1.29, 1.82) is 0 Å². The lowest BCUT2D eigenvalue weighted by molar-refractivity contribution is -0.143. The van der Waals surface area contributed by atoms with Crippen LogP contribution in [0.5, 0.6) is 5.75 Å². The van der Waals surface area contributed by atoms with Gasteiger partial charge in [0.05, 0.1) is 22.1 Å². The highest BCUT2D eigenvalue weighted by atomic mass is 19.4. The van der Waals surface area contributed by atoms with Crippen molar-refractivity contribution in [3.8, 4) is 5.75 Å². The summed E-state index contributed by atoms with van der Waals surface area (Å²) in [6.07, 6.45) is -9.36. The van der Waals surface area contributed by atoms with Gasteiger partial charge in [0.25, 0.3) is 0 Å². The van der Waals surface area contributed by atoms with Crippen LogP contribution in [0.1, 0.15) is 31.8 Å². The van der Waals surface area contributed by atoms with Crippen molar-refractivity contribution in [2.24, 2.45) is 0 Å². The number of fused-ring (bicyclic) bond motifs is 1. The van der Waals surface area contributed by atoms with Crippen molar-refractivity contribution in [2.45, 2.75) is 12.4 Å². The fraction of sp³-hybridized carbons (Fsp3) is 0.105. The molecule has 0 aliphatic carbocycles. The second-order valence-electron chi connectivity index (χ2n) is 6.23. The fourth-order valence-corrected chi connectivity index (χ4v) is 2.66. The average Bonchev–Trinajstić information content (AvgIpc) is 2.66. The number of aromatic nitrogens is 1. The van der Waals surface area contributed by atoms with E-state index in [1.54, 1.807) is 0 Å². The van der Waals surface area contributed by atoms with Crippen LogP contribution in [0.3, 0.4) is 0 Å². The van der Waals surface area contributed by atoms with E-state index >= 15 is 0 Å². The number of halogens is 6. The van der Waals surface area contributed by atoms with Crippen LogP contribution in [-0.4, -0.2) is 22.0 Å². The summed E-state index contributed by atoms with van der Waals surface area (Å²) in [4.78, 5) is 38.0. The maximum Gasteiger partial charge on any atom is 0.416 e. The summed E-state index contributed by atoms with van der Waals surface area (Å²) >= 11 is 0. The Balaban J connectivity index is 2.03. The molecule has 0 amide bonds. The van der Waals surface area contributed by atoms with Crippen molar-refractivity contribution >= 4 is 22.8 Å². The van der Waals surface area contributed by atoms with Crippen LogP contribution in [0.4, 0.5) is 26.3 Å². The first-order chi connectivity index (χ1) is 14.3. The Bertz CT molecular complexity index is 1230. The highest BCUT2D eigenvalue weighted by Gasteiger charge is 2.37. The molecule has 0 spiro atoms. The van der Waals surface area contributed by atoms with Gasteiger partial charge in [0.2, 0.25) is 5.43 Å². The number of hydrogen-bond acceptors (Lipinski definition) is 4. The Morgan fingerprint density at radius 2 is 1.48 bits per heavy atom. The molecule has 0 bridgehead atoms. The zero-order chi connectivity index (χ0) is 23.1. The summed E-state index contributed by atoms with van der Waals surface area (Å²) in [5.41, 5.74) is -5.81. The number of benzene rings is 2. The summed E-state index contributed by atoms with van der Waals surface area (Å²) < 4.78 is 82.5. The number of aromatic carboxylic acids is 1. The van der Waals surface area contributed by atoms with Crippen molar-refractivity contribution < 1.29 is 45.8 Å². The number of hydrogen-bond donors (Lipinski definition) is 2. The Morgan fingerprint density at radius 1 is 0.903 bits per heavy atom. The number of ether oxygens (including phenoxy) is 1. The number of nitrogens with one attached hydrogen (secondary N) is 1. The van der Waals surface area contributed by atoms with Crippen molar-refractivity contribution in [1.82, 2.24) is 4.98 Å². The van der Waals surface area contributed by atoms with Gasteiger partial charge in [-0.2, -0.15) is 26.3 Å². The molecule has 6 nitrogen and oxygen atoms in total. The first-order valence-corrected chi connectivity index (χ1v) is 8.18. The number of alkyl halides is 6. The zero-order valence-electron chi connectivity index (χ0n) is 14.9. The molecule has 0 aliphatic rings. The summed E-state index contributed by atoms with van der Waals surface area (Å²) in [6.45, 7) is 0. The van der Waals surface area contributed by atoms with Gasteiger partial charge in [-0.05, 0) is 36.4 Å². The largest absolute Gasteiger partial charge is 0.477 e. The van der Waals surface area contributed by atoms with Crippen molar-refractivity contribution in [2.75, 3.05) is 0 Å². The molecule has 0 saturated heterocycles. The average molecular weight is 445 g/mol. The molecule has 3 rings (SSSR count). The minimum Gasteiger partial charge on any atom is -0.477 e. The number of esters is 1. The first kappa shape index (κ1) is 21.9. The lowest BCUT2D eigenvalue weighted by Crippen LogP contribution is -2.17. The number of carboxylic acids is 1. The maximum absolute atomic E-state index is 12.9. The second kappa shape index (κ2) is 7.45. The molecule has 2 N–H and O–H groups in total. The van der Waals surface area contributed by atoms with Gasteiger partial charge in [0.15, 0.2) is 0 Å². The summed E-state index contributed by atoms with van der Waals surface area (Å²) in [6, 6.07) is 3.55. The minimum absolute atomic E-state index is 0.139. The van der Waals surface area contributed by atoms with Crippen LogP contribution in [0, 0.1) is 0 Å².